The van der Waals surface area contributed by atoms with Crippen molar-refractivity contribution in [3.8, 4) is 0 Å². The summed E-state index contributed by atoms with van der Waals surface area (Å²) in [6, 6.07) is -0.689. The molecule has 2 saturated heterocycles. The number of carbonyl (C=O) groups is 3. The van der Waals surface area contributed by atoms with E-state index in [-0.39, 0.29) is 35.6 Å². The molecule has 3 fully saturated rings. The highest BCUT2D eigenvalue weighted by Crippen LogP contribution is 2.45. The molecule has 4 aliphatic rings. The third-order valence-corrected chi connectivity index (χ3v) is 7.05. The standard InChI is InChI=1S/C20H28N6O3/c1-12(27)15-10-16(24-23-15)19(29)25-8-5-20(6-9-25)17-14(21-11-22-17)4-7-26(20)18(28)13-2-3-13/h11,13,15-16,23-24H,2-10H2,1H3,(H,21,22). The minimum absolute atomic E-state index is 0.0224. The van der Waals surface area contributed by atoms with E-state index in [1.807, 2.05) is 4.90 Å². The fourth-order valence-electron chi connectivity index (χ4n) is 5.16. The van der Waals surface area contributed by atoms with Crippen molar-refractivity contribution in [3.05, 3.63) is 17.7 Å². The lowest BCUT2D eigenvalue weighted by Gasteiger charge is -2.50. The Labute approximate surface area is 169 Å². The summed E-state index contributed by atoms with van der Waals surface area (Å²) < 4.78 is 0. The normalized spacial score (nSPS) is 28.4. The van der Waals surface area contributed by atoms with E-state index in [2.05, 4.69) is 25.7 Å². The fraction of sp³-hybridized carbons (Fsp3) is 0.700. The van der Waals surface area contributed by atoms with E-state index in [1.165, 1.54) is 6.92 Å². The molecule has 2 amide bonds. The number of carbonyl (C=O) groups excluding carboxylic acids is 3. The van der Waals surface area contributed by atoms with Crippen molar-refractivity contribution < 1.29 is 14.4 Å². The molecule has 3 N–H and O–H groups in total. The summed E-state index contributed by atoms with van der Waals surface area (Å²) in [6.07, 6.45) is 6.39. The first-order valence-corrected chi connectivity index (χ1v) is 10.6. The molecule has 0 bridgehead atoms. The number of aromatic nitrogens is 2. The number of fused-ring (bicyclic) bond motifs is 2. The van der Waals surface area contributed by atoms with Gasteiger partial charge in [0.1, 0.15) is 11.8 Å². The lowest BCUT2D eigenvalue weighted by molar-refractivity contribution is -0.146. The second-order valence-electron chi connectivity index (χ2n) is 8.84. The number of hydrogen-bond donors (Lipinski definition) is 3. The van der Waals surface area contributed by atoms with Crippen LogP contribution in [0.4, 0.5) is 0 Å². The lowest BCUT2D eigenvalue weighted by atomic mass is 9.78. The summed E-state index contributed by atoms with van der Waals surface area (Å²) in [7, 11) is 0. The Morgan fingerprint density at radius 1 is 1.07 bits per heavy atom. The Morgan fingerprint density at radius 2 is 1.79 bits per heavy atom. The second kappa shape index (κ2) is 6.91. The van der Waals surface area contributed by atoms with Gasteiger partial charge < -0.3 is 14.8 Å². The van der Waals surface area contributed by atoms with Gasteiger partial charge in [0.15, 0.2) is 0 Å². The third kappa shape index (κ3) is 3.07. The number of imidazole rings is 1. The van der Waals surface area contributed by atoms with Crippen LogP contribution in [-0.2, 0) is 26.3 Å². The molecule has 1 aliphatic carbocycles. The van der Waals surface area contributed by atoms with Crippen molar-refractivity contribution in [1.29, 1.82) is 0 Å². The molecule has 2 unspecified atom stereocenters. The molecule has 1 aromatic heterocycles. The van der Waals surface area contributed by atoms with E-state index in [1.54, 1.807) is 6.33 Å². The molecular weight excluding hydrogens is 372 g/mol. The number of nitrogens with one attached hydrogen (secondary N) is 3. The van der Waals surface area contributed by atoms with Crippen molar-refractivity contribution in [2.75, 3.05) is 19.6 Å². The lowest BCUT2D eigenvalue weighted by Crippen LogP contribution is -2.60. The Balaban J connectivity index is 1.33. The third-order valence-electron chi connectivity index (χ3n) is 7.05. The van der Waals surface area contributed by atoms with Gasteiger partial charge in [0.2, 0.25) is 11.8 Å². The highest BCUT2D eigenvalue weighted by molar-refractivity contribution is 5.87. The monoisotopic (exact) mass is 400 g/mol. The van der Waals surface area contributed by atoms with Crippen LogP contribution < -0.4 is 10.9 Å². The van der Waals surface area contributed by atoms with E-state index in [0.29, 0.717) is 38.9 Å². The molecule has 1 aromatic rings. The average Bonchev–Trinajstić information content (AvgIpc) is 3.25. The smallest absolute Gasteiger partial charge is 0.241 e. The number of likely N-dealkylation sites (tertiary alicyclic amines) is 1. The minimum Gasteiger partial charge on any atom is -0.348 e. The number of nitrogens with zero attached hydrogens (tertiary/aromatic N) is 3. The Morgan fingerprint density at radius 3 is 2.45 bits per heavy atom. The summed E-state index contributed by atoms with van der Waals surface area (Å²) in [5.74, 6) is 0.482. The summed E-state index contributed by atoms with van der Waals surface area (Å²) in [5.41, 5.74) is 7.59. The number of hydrazine groups is 1. The molecule has 9 heteroatoms. The van der Waals surface area contributed by atoms with Crippen LogP contribution in [-0.4, -0.2) is 69.1 Å². The minimum atomic E-state index is -0.409. The summed E-state index contributed by atoms with van der Waals surface area (Å²) in [5, 5.41) is 0. The Hall–Kier alpha value is -2.26. The molecule has 1 saturated carbocycles. The zero-order valence-electron chi connectivity index (χ0n) is 16.7. The van der Waals surface area contributed by atoms with Crippen molar-refractivity contribution >= 4 is 17.6 Å². The van der Waals surface area contributed by atoms with Crippen LogP contribution in [0, 0.1) is 5.92 Å². The zero-order chi connectivity index (χ0) is 20.2. The number of ketones is 1. The van der Waals surface area contributed by atoms with Crippen molar-refractivity contribution in [1.82, 2.24) is 30.6 Å². The van der Waals surface area contributed by atoms with Crippen molar-refractivity contribution in [2.45, 2.75) is 63.1 Å². The van der Waals surface area contributed by atoms with Crippen LogP contribution in [0.2, 0.25) is 0 Å². The van der Waals surface area contributed by atoms with Crippen LogP contribution in [0.25, 0.3) is 0 Å². The molecule has 5 rings (SSSR count). The molecular formula is C20H28N6O3. The first-order valence-electron chi connectivity index (χ1n) is 10.6. The molecule has 29 heavy (non-hydrogen) atoms. The molecule has 1 spiro atoms. The highest BCUT2D eigenvalue weighted by atomic mass is 16.2. The van der Waals surface area contributed by atoms with Gasteiger partial charge in [0, 0.05) is 37.7 Å². The van der Waals surface area contributed by atoms with Gasteiger partial charge in [-0.2, -0.15) is 0 Å². The largest absolute Gasteiger partial charge is 0.348 e. The van der Waals surface area contributed by atoms with Gasteiger partial charge in [0.05, 0.1) is 23.6 Å². The first kappa shape index (κ1) is 18.7. The number of piperidine rings is 1. The molecule has 0 radical (unpaired) electrons. The van der Waals surface area contributed by atoms with Gasteiger partial charge in [-0.15, -0.1) is 0 Å². The summed E-state index contributed by atoms with van der Waals surface area (Å²) in [4.78, 5) is 49.4. The van der Waals surface area contributed by atoms with Crippen LogP contribution >= 0.6 is 0 Å². The van der Waals surface area contributed by atoms with Gasteiger partial charge in [-0.3, -0.25) is 14.4 Å². The van der Waals surface area contributed by atoms with Crippen LogP contribution in [0.15, 0.2) is 6.33 Å². The maximum absolute atomic E-state index is 13.0. The van der Waals surface area contributed by atoms with E-state index in [4.69, 9.17) is 0 Å². The number of hydrogen-bond acceptors (Lipinski definition) is 6. The number of rotatable bonds is 3. The number of Topliss-reactive ketones (excluding diaryl/α,β-unsaturated/α-hetero) is 1. The fourth-order valence-corrected chi connectivity index (χ4v) is 5.16. The van der Waals surface area contributed by atoms with Gasteiger partial charge in [0.25, 0.3) is 0 Å². The topological polar surface area (TPSA) is 110 Å². The first-order chi connectivity index (χ1) is 14.0. The number of aromatic amines is 1. The van der Waals surface area contributed by atoms with Crippen molar-refractivity contribution in [2.24, 2.45) is 5.92 Å². The maximum Gasteiger partial charge on any atom is 0.241 e. The molecule has 0 aromatic carbocycles. The average molecular weight is 400 g/mol. The maximum atomic E-state index is 13.0. The van der Waals surface area contributed by atoms with Gasteiger partial charge in [-0.05, 0) is 39.0 Å². The van der Waals surface area contributed by atoms with E-state index in [9.17, 15) is 14.4 Å². The number of amides is 2. The molecule has 3 aliphatic heterocycles. The van der Waals surface area contributed by atoms with E-state index in [0.717, 1.165) is 30.7 Å². The van der Waals surface area contributed by atoms with Crippen molar-refractivity contribution in [3.63, 3.8) is 0 Å². The zero-order valence-corrected chi connectivity index (χ0v) is 16.7. The predicted molar refractivity (Wildman–Crippen MR) is 103 cm³/mol. The highest BCUT2D eigenvalue weighted by Gasteiger charge is 2.51. The van der Waals surface area contributed by atoms with Crippen LogP contribution in [0.3, 0.4) is 0 Å². The summed E-state index contributed by atoms with van der Waals surface area (Å²) in [6.45, 7) is 3.42. The number of H-pyrrole nitrogens is 1. The quantitative estimate of drug-likeness (QED) is 0.651. The van der Waals surface area contributed by atoms with Gasteiger partial charge >= 0.3 is 0 Å². The van der Waals surface area contributed by atoms with E-state index < -0.39 is 5.54 Å². The summed E-state index contributed by atoms with van der Waals surface area (Å²) >= 11 is 0. The van der Waals surface area contributed by atoms with Gasteiger partial charge in [-0.25, -0.2) is 15.8 Å². The Bertz CT molecular complexity index is 839. The van der Waals surface area contributed by atoms with Crippen LogP contribution in [0.1, 0.15) is 50.4 Å². The SMILES string of the molecule is CC(=O)C1CC(C(=O)N2CCC3(CC2)c2nc[nH]c2CCN3C(=O)C2CC2)NN1. The molecule has 156 valence electrons. The van der Waals surface area contributed by atoms with Gasteiger partial charge in [-0.1, -0.05) is 0 Å². The van der Waals surface area contributed by atoms with Crippen LogP contribution in [0.5, 0.6) is 0 Å². The molecule has 9 nitrogen and oxygen atoms in total. The second-order valence-corrected chi connectivity index (χ2v) is 8.84. The molecule has 4 heterocycles. The molecule has 2 atom stereocenters. The Kier molecular flexibility index (Phi) is 4.47. The van der Waals surface area contributed by atoms with E-state index >= 15 is 0 Å². The predicted octanol–water partition coefficient (Wildman–Crippen LogP) is -0.154.